The van der Waals surface area contributed by atoms with Crippen LogP contribution in [0.5, 0.6) is 11.5 Å². The number of benzene rings is 2. The van der Waals surface area contributed by atoms with Crippen molar-refractivity contribution < 1.29 is 14.3 Å². The second kappa shape index (κ2) is 8.22. The molecular weight excluding hydrogens is 416 g/mol. The number of hydrogen-bond acceptors (Lipinski definition) is 4. The maximum Gasteiger partial charge on any atom is 0.323 e. The highest BCUT2D eigenvalue weighted by molar-refractivity contribution is 9.10. The summed E-state index contributed by atoms with van der Waals surface area (Å²) >= 11 is 5.28. The molecule has 1 heterocycles. The lowest BCUT2D eigenvalue weighted by molar-refractivity contribution is 0.214. The van der Waals surface area contributed by atoms with Crippen molar-refractivity contribution in [3.8, 4) is 11.5 Å². The molecule has 0 bridgehead atoms. The summed E-state index contributed by atoms with van der Waals surface area (Å²) in [5, 5.41) is 3.00. The van der Waals surface area contributed by atoms with E-state index in [1.165, 1.54) is 0 Å². The number of urea groups is 1. The number of carbonyl (C=O) groups is 1. The summed E-state index contributed by atoms with van der Waals surface area (Å²) in [5.41, 5.74) is 2.83. The fourth-order valence-corrected chi connectivity index (χ4v) is 4.68. The number of thioether (sulfide) groups is 1. The molecule has 2 aromatic rings. The van der Waals surface area contributed by atoms with Gasteiger partial charge in [0.15, 0.2) is 0 Å². The van der Waals surface area contributed by atoms with Crippen molar-refractivity contribution in [1.29, 1.82) is 0 Å². The molecule has 5 nitrogen and oxygen atoms in total. The van der Waals surface area contributed by atoms with Gasteiger partial charge in [0.1, 0.15) is 16.9 Å². The molecule has 0 aromatic heterocycles. The molecule has 1 N–H and O–H groups in total. The predicted octanol–water partition coefficient (Wildman–Crippen LogP) is 5.05. The Bertz CT molecular complexity index is 815. The molecular formula is C19H21BrN2O3S. The van der Waals surface area contributed by atoms with Gasteiger partial charge in [-0.3, -0.25) is 0 Å². The zero-order valence-electron chi connectivity index (χ0n) is 14.9. The van der Waals surface area contributed by atoms with Gasteiger partial charge in [-0.1, -0.05) is 6.07 Å². The number of aryl methyl sites for hydroxylation is 1. The number of carbonyl (C=O) groups excluding carboxylic acids is 1. The zero-order valence-corrected chi connectivity index (χ0v) is 17.3. The molecule has 0 radical (unpaired) electrons. The highest BCUT2D eigenvalue weighted by Gasteiger charge is 2.31. The van der Waals surface area contributed by atoms with Crippen LogP contribution >= 0.6 is 27.7 Å². The summed E-state index contributed by atoms with van der Waals surface area (Å²) in [7, 11) is 3.27. The van der Waals surface area contributed by atoms with Gasteiger partial charge in [-0.05, 0) is 64.3 Å². The van der Waals surface area contributed by atoms with E-state index < -0.39 is 0 Å². The number of nitrogens with one attached hydrogen (secondary N) is 1. The van der Waals surface area contributed by atoms with Gasteiger partial charge in [-0.2, -0.15) is 0 Å². The molecule has 2 amide bonds. The Morgan fingerprint density at radius 2 is 2.04 bits per heavy atom. The topological polar surface area (TPSA) is 50.8 Å². The van der Waals surface area contributed by atoms with Crippen molar-refractivity contribution in [2.75, 3.05) is 31.8 Å². The minimum Gasteiger partial charge on any atom is -0.497 e. The normalized spacial score (nSPS) is 16.5. The lowest BCUT2D eigenvalue weighted by Gasteiger charge is -2.25. The summed E-state index contributed by atoms with van der Waals surface area (Å²) in [5.74, 6) is 2.46. The average molecular weight is 437 g/mol. The Kier molecular flexibility index (Phi) is 5.98. The van der Waals surface area contributed by atoms with Crippen LogP contribution in [0.3, 0.4) is 0 Å². The van der Waals surface area contributed by atoms with Gasteiger partial charge in [-0.25, -0.2) is 4.79 Å². The standard InChI is InChI=1S/C19H21BrN2O3S/c1-12-10-14(24-2)5-6-16(12)21-19(23)22-8-9-26-18(22)13-4-7-17(25-3)15(20)11-13/h4-7,10-11,18H,8-9H2,1-3H3,(H,21,23). The van der Waals surface area contributed by atoms with Gasteiger partial charge in [0, 0.05) is 18.0 Å². The van der Waals surface area contributed by atoms with Crippen LogP contribution < -0.4 is 14.8 Å². The van der Waals surface area contributed by atoms with Crippen LogP contribution in [-0.4, -0.2) is 37.4 Å². The van der Waals surface area contributed by atoms with E-state index in [9.17, 15) is 4.79 Å². The summed E-state index contributed by atoms with van der Waals surface area (Å²) < 4.78 is 11.4. The third-order valence-corrected chi connectivity index (χ3v) is 6.17. The Hall–Kier alpha value is -1.86. The smallest absolute Gasteiger partial charge is 0.323 e. The van der Waals surface area contributed by atoms with Crippen molar-refractivity contribution in [1.82, 2.24) is 4.90 Å². The van der Waals surface area contributed by atoms with Gasteiger partial charge in [-0.15, -0.1) is 11.8 Å². The van der Waals surface area contributed by atoms with Crippen LogP contribution in [0.25, 0.3) is 0 Å². The molecule has 138 valence electrons. The fourth-order valence-electron chi connectivity index (χ4n) is 2.88. The highest BCUT2D eigenvalue weighted by Crippen LogP contribution is 2.40. The van der Waals surface area contributed by atoms with E-state index in [0.717, 1.165) is 38.5 Å². The molecule has 1 aliphatic heterocycles. The lowest BCUT2D eigenvalue weighted by atomic mass is 10.2. The summed E-state index contributed by atoms with van der Waals surface area (Å²) in [6.45, 7) is 2.66. The number of anilines is 1. The Labute approximate surface area is 166 Å². The molecule has 26 heavy (non-hydrogen) atoms. The Morgan fingerprint density at radius 3 is 2.69 bits per heavy atom. The monoisotopic (exact) mass is 436 g/mol. The maximum atomic E-state index is 12.8. The maximum absolute atomic E-state index is 12.8. The first-order chi connectivity index (χ1) is 12.5. The number of methoxy groups -OCH3 is 2. The lowest BCUT2D eigenvalue weighted by Crippen LogP contribution is -2.34. The second-order valence-electron chi connectivity index (χ2n) is 5.92. The molecule has 7 heteroatoms. The molecule has 2 aromatic carbocycles. The van der Waals surface area contributed by atoms with Crippen molar-refractivity contribution in [3.63, 3.8) is 0 Å². The number of hydrogen-bond donors (Lipinski definition) is 1. The van der Waals surface area contributed by atoms with Crippen molar-refractivity contribution in [3.05, 3.63) is 52.0 Å². The quantitative estimate of drug-likeness (QED) is 0.727. The number of ether oxygens (including phenoxy) is 2. The molecule has 3 rings (SSSR count). The van der Waals surface area contributed by atoms with E-state index in [0.29, 0.717) is 6.54 Å². The van der Waals surface area contributed by atoms with Gasteiger partial charge in [0.25, 0.3) is 0 Å². The van der Waals surface area contributed by atoms with E-state index in [-0.39, 0.29) is 11.4 Å². The van der Waals surface area contributed by atoms with Crippen molar-refractivity contribution in [2.24, 2.45) is 0 Å². The van der Waals surface area contributed by atoms with Crippen LogP contribution in [-0.2, 0) is 0 Å². The van der Waals surface area contributed by atoms with Crippen LogP contribution in [0.4, 0.5) is 10.5 Å². The summed E-state index contributed by atoms with van der Waals surface area (Å²) in [6, 6.07) is 11.5. The number of amides is 2. The van der Waals surface area contributed by atoms with Crippen LogP contribution in [0.15, 0.2) is 40.9 Å². The van der Waals surface area contributed by atoms with E-state index in [2.05, 4.69) is 21.2 Å². The van der Waals surface area contributed by atoms with Crippen LogP contribution in [0.1, 0.15) is 16.5 Å². The van der Waals surface area contributed by atoms with E-state index >= 15 is 0 Å². The van der Waals surface area contributed by atoms with Crippen LogP contribution in [0, 0.1) is 6.92 Å². The Morgan fingerprint density at radius 1 is 1.23 bits per heavy atom. The number of nitrogens with zero attached hydrogens (tertiary/aromatic N) is 1. The summed E-state index contributed by atoms with van der Waals surface area (Å²) in [4.78, 5) is 14.7. The number of halogens is 1. The van der Waals surface area contributed by atoms with Crippen molar-refractivity contribution >= 4 is 39.4 Å². The third-order valence-electron chi connectivity index (χ3n) is 4.29. The summed E-state index contributed by atoms with van der Waals surface area (Å²) in [6.07, 6.45) is 0. The SMILES string of the molecule is COc1ccc(NC(=O)N2CCSC2c2ccc(OC)c(Br)c2)c(C)c1. The Balaban J connectivity index is 1.77. The van der Waals surface area contributed by atoms with E-state index in [1.54, 1.807) is 26.0 Å². The van der Waals surface area contributed by atoms with Crippen LogP contribution in [0.2, 0.25) is 0 Å². The van der Waals surface area contributed by atoms with E-state index in [4.69, 9.17) is 9.47 Å². The molecule has 1 unspecified atom stereocenters. The van der Waals surface area contributed by atoms with Crippen molar-refractivity contribution in [2.45, 2.75) is 12.3 Å². The van der Waals surface area contributed by atoms with Gasteiger partial charge >= 0.3 is 6.03 Å². The second-order valence-corrected chi connectivity index (χ2v) is 7.96. The minimum absolute atomic E-state index is 0.0178. The zero-order chi connectivity index (χ0) is 18.7. The molecule has 0 spiro atoms. The molecule has 1 atom stereocenters. The first-order valence-electron chi connectivity index (χ1n) is 8.21. The molecule has 1 aliphatic rings. The predicted molar refractivity (Wildman–Crippen MR) is 109 cm³/mol. The largest absolute Gasteiger partial charge is 0.497 e. The molecule has 1 saturated heterocycles. The molecule has 0 aliphatic carbocycles. The first kappa shape index (κ1) is 18.9. The van der Waals surface area contributed by atoms with Gasteiger partial charge < -0.3 is 19.7 Å². The number of rotatable bonds is 4. The third kappa shape index (κ3) is 3.94. The fraction of sp³-hybridized carbons (Fsp3) is 0.316. The van der Waals surface area contributed by atoms with Gasteiger partial charge in [0.2, 0.25) is 0 Å². The minimum atomic E-state index is -0.0970. The van der Waals surface area contributed by atoms with E-state index in [1.807, 2.05) is 48.2 Å². The average Bonchev–Trinajstić information content (AvgIpc) is 3.13. The molecule has 1 fully saturated rings. The first-order valence-corrected chi connectivity index (χ1v) is 10.0. The molecule has 0 saturated carbocycles. The van der Waals surface area contributed by atoms with Gasteiger partial charge in [0.05, 0.1) is 18.7 Å². The highest BCUT2D eigenvalue weighted by atomic mass is 79.9.